The van der Waals surface area contributed by atoms with Crippen LogP contribution in [0.25, 0.3) is 22.3 Å². The highest BCUT2D eigenvalue weighted by atomic mass is 16.2. The topological polar surface area (TPSA) is 110 Å². The molecular formula is C21H23N7O. The molecule has 0 aliphatic heterocycles. The van der Waals surface area contributed by atoms with Crippen molar-refractivity contribution in [2.24, 2.45) is 16.1 Å². The number of nitrogens with two attached hydrogens (primary N) is 1. The number of azo groups is 1. The fourth-order valence-corrected chi connectivity index (χ4v) is 3.44. The van der Waals surface area contributed by atoms with E-state index >= 15 is 0 Å². The van der Waals surface area contributed by atoms with Crippen LogP contribution in [-0.2, 0) is 0 Å². The molecular weight excluding hydrogens is 366 g/mol. The van der Waals surface area contributed by atoms with Gasteiger partial charge in [-0.15, -0.1) is 5.11 Å². The second-order valence-electron chi connectivity index (χ2n) is 7.38. The van der Waals surface area contributed by atoms with Gasteiger partial charge in [0.25, 0.3) is 5.91 Å². The molecule has 1 aliphatic carbocycles. The molecule has 0 atom stereocenters. The molecule has 2 heterocycles. The third-order valence-corrected chi connectivity index (χ3v) is 5.28. The van der Waals surface area contributed by atoms with Crippen LogP contribution in [0.1, 0.15) is 29.6 Å². The maximum absolute atomic E-state index is 12.8. The van der Waals surface area contributed by atoms with E-state index in [2.05, 4.69) is 25.2 Å². The molecule has 1 aliphatic rings. The summed E-state index contributed by atoms with van der Waals surface area (Å²) in [5, 5.41) is 7.58. The van der Waals surface area contributed by atoms with Crippen LogP contribution in [0.5, 0.6) is 0 Å². The van der Waals surface area contributed by atoms with Gasteiger partial charge in [-0.1, -0.05) is 6.42 Å². The number of amides is 1. The lowest BCUT2D eigenvalue weighted by Gasteiger charge is -2.30. The van der Waals surface area contributed by atoms with Gasteiger partial charge in [0.2, 0.25) is 0 Å². The minimum Gasteiger partial charge on any atom is -0.396 e. The summed E-state index contributed by atoms with van der Waals surface area (Å²) < 4.78 is 0. The molecule has 1 amide bonds. The molecule has 8 heteroatoms. The first-order chi connectivity index (χ1) is 14.0. The molecule has 0 unspecified atom stereocenters. The first kappa shape index (κ1) is 18.9. The van der Waals surface area contributed by atoms with Crippen molar-refractivity contribution in [2.75, 3.05) is 26.4 Å². The highest BCUT2D eigenvalue weighted by Crippen LogP contribution is 2.28. The number of carbonyl (C=O) groups is 1. The van der Waals surface area contributed by atoms with E-state index in [1.165, 1.54) is 19.3 Å². The highest BCUT2D eigenvalue weighted by molar-refractivity contribution is 5.97. The normalized spacial score (nSPS) is 14.3. The van der Waals surface area contributed by atoms with Crippen LogP contribution in [0.2, 0.25) is 0 Å². The lowest BCUT2D eigenvalue weighted by atomic mass is 9.85. The maximum Gasteiger partial charge on any atom is 0.253 e. The predicted molar refractivity (Wildman–Crippen MR) is 112 cm³/mol. The summed E-state index contributed by atoms with van der Waals surface area (Å²) in [4.78, 5) is 27.9. The van der Waals surface area contributed by atoms with Gasteiger partial charge in [0.1, 0.15) is 0 Å². The minimum atomic E-state index is 0.00574. The quantitative estimate of drug-likeness (QED) is 0.666. The standard InChI is InChI=1S/C21H23N7O/c1-23-27-20-16(22)8-15(10-25-20)19-11-24-17-7-6-14(9-18(17)26-19)21(29)28(2)12-13-4-3-5-13/h6-11,13H,3-5,12,22H2,1-2H3. The number of pyridine rings is 1. The van der Waals surface area contributed by atoms with Crippen molar-refractivity contribution in [3.05, 3.63) is 42.2 Å². The zero-order valence-electron chi connectivity index (χ0n) is 16.5. The predicted octanol–water partition coefficient (Wildman–Crippen LogP) is 3.86. The summed E-state index contributed by atoms with van der Waals surface area (Å²) in [6.45, 7) is 0.801. The Bertz CT molecular complexity index is 1090. The zero-order valence-corrected chi connectivity index (χ0v) is 16.5. The van der Waals surface area contributed by atoms with E-state index in [4.69, 9.17) is 5.73 Å². The number of aromatic nitrogens is 3. The van der Waals surface area contributed by atoms with E-state index in [9.17, 15) is 4.79 Å². The van der Waals surface area contributed by atoms with E-state index in [1.54, 1.807) is 42.5 Å². The van der Waals surface area contributed by atoms with Crippen LogP contribution < -0.4 is 5.73 Å². The average Bonchev–Trinajstić information content (AvgIpc) is 2.70. The van der Waals surface area contributed by atoms with Gasteiger partial charge in [-0.05, 0) is 43.0 Å². The van der Waals surface area contributed by atoms with Crippen LogP contribution in [-0.4, -0.2) is 46.4 Å². The Morgan fingerprint density at radius 2 is 2.03 bits per heavy atom. The molecule has 0 spiro atoms. The number of benzene rings is 1. The van der Waals surface area contributed by atoms with E-state index in [-0.39, 0.29) is 5.91 Å². The maximum atomic E-state index is 12.8. The smallest absolute Gasteiger partial charge is 0.253 e. The molecule has 2 N–H and O–H groups in total. The second-order valence-corrected chi connectivity index (χ2v) is 7.38. The Morgan fingerprint density at radius 3 is 2.72 bits per heavy atom. The van der Waals surface area contributed by atoms with Crippen LogP contribution in [0, 0.1) is 5.92 Å². The van der Waals surface area contributed by atoms with Crippen molar-refractivity contribution >= 4 is 28.4 Å². The zero-order chi connectivity index (χ0) is 20.4. The molecule has 1 aromatic carbocycles. The monoisotopic (exact) mass is 389 g/mol. The van der Waals surface area contributed by atoms with Crippen molar-refractivity contribution in [3.63, 3.8) is 0 Å². The van der Waals surface area contributed by atoms with Crippen LogP contribution in [0.15, 0.2) is 46.9 Å². The third kappa shape index (κ3) is 3.91. The molecule has 3 aromatic rings. The number of hydrogen-bond donors (Lipinski definition) is 1. The Labute approximate surface area is 168 Å². The first-order valence-electron chi connectivity index (χ1n) is 9.63. The molecule has 148 valence electrons. The Balaban J connectivity index is 1.63. The number of fused-ring (bicyclic) bond motifs is 1. The van der Waals surface area contributed by atoms with Crippen molar-refractivity contribution in [1.29, 1.82) is 0 Å². The summed E-state index contributed by atoms with van der Waals surface area (Å²) in [6.07, 6.45) is 6.99. The fraction of sp³-hybridized carbons (Fsp3) is 0.333. The molecule has 4 rings (SSSR count). The molecule has 29 heavy (non-hydrogen) atoms. The number of carbonyl (C=O) groups excluding carboxylic acids is 1. The largest absolute Gasteiger partial charge is 0.396 e. The average molecular weight is 389 g/mol. The van der Waals surface area contributed by atoms with Gasteiger partial charge < -0.3 is 10.6 Å². The van der Waals surface area contributed by atoms with Crippen LogP contribution in [0.4, 0.5) is 11.5 Å². The lowest BCUT2D eigenvalue weighted by molar-refractivity contribution is 0.0745. The number of anilines is 1. The first-order valence-corrected chi connectivity index (χ1v) is 9.63. The second kappa shape index (κ2) is 7.90. The van der Waals surface area contributed by atoms with Gasteiger partial charge in [0.05, 0.1) is 28.6 Å². The summed E-state index contributed by atoms with van der Waals surface area (Å²) >= 11 is 0. The minimum absolute atomic E-state index is 0.00574. The molecule has 0 bridgehead atoms. The highest BCUT2D eigenvalue weighted by Gasteiger charge is 2.22. The molecule has 1 fully saturated rings. The van der Waals surface area contributed by atoms with Gasteiger partial charge in [-0.25, -0.2) is 9.97 Å². The van der Waals surface area contributed by atoms with E-state index in [0.29, 0.717) is 34.2 Å². The van der Waals surface area contributed by atoms with E-state index in [0.717, 1.165) is 17.6 Å². The number of hydrogen-bond acceptors (Lipinski definition) is 7. The van der Waals surface area contributed by atoms with Crippen molar-refractivity contribution < 1.29 is 4.79 Å². The fourth-order valence-electron chi connectivity index (χ4n) is 3.44. The van der Waals surface area contributed by atoms with Gasteiger partial charge in [0.15, 0.2) is 5.82 Å². The van der Waals surface area contributed by atoms with Crippen LogP contribution in [0.3, 0.4) is 0 Å². The third-order valence-electron chi connectivity index (χ3n) is 5.28. The Hall–Kier alpha value is -3.42. The van der Waals surface area contributed by atoms with Gasteiger partial charge in [-0.2, -0.15) is 5.11 Å². The van der Waals surface area contributed by atoms with Crippen LogP contribution >= 0.6 is 0 Å². The summed E-state index contributed by atoms with van der Waals surface area (Å²) in [5.74, 6) is 1.00. The van der Waals surface area contributed by atoms with E-state index in [1.807, 2.05) is 13.1 Å². The number of nitrogen functional groups attached to an aromatic ring is 1. The SMILES string of the molecule is CN=Nc1ncc(-c2cnc3ccc(C(=O)N(C)CC4CCC4)cc3n2)cc1N. The molecule has 1 saturated carbocycles. The van der Waals surface area contributed by atoms with Gasteiger partial charge >= 0.3 is 0 Å². The van der Waals surface area contributed by atoms with E-state index < -0.39 is 0 Å². The van der Waals surface area contributed by atoms with Crippen molar-refractivity contribution in [3.8, 4) is 11.3 Å². The Kier molecular flexibility index (Phi) is 5.16. The Morgan fingerprint density at radius 1 is 1.21 bits per heavy atom. The molecule has 0 saturated heterocycles. The lowest BCUT2D eigenvalue weighted by Crippen LogP contribution is -2.34. The molecule has 2 aromatic heterocycles. The molecule has 8 nitrogen and oxygen atoms in total. The summed E-state index contributed by atoms with van der Waals surface area (Å²) in [6, 6.07) is 7.17. The number of nitrogens with zero attached hydrogens (tertiary/aromatic N) is 6. The van der Waals surface area contributed by atoms with Crippen molar-refractivity contribution in [1.82, 2.24) is 19.9 Å². The molecule has 0 radical (unpaired) electrons. The van der Waals surface area contributed by atoms with Crippen molar-refractivity contribution in [2.45, 2.75) is 19.3 Å². The number of rotatable bonds is 5. The summed E-state index contributed by atoms with van der Waals surface area (Å²) in [5.41, 5.74) is 9.76. The summed E-state index contributed by atoms with van der Waals surface area (Å²) in [7, 11) is 3.42. The van der Waals surface area contributed by atoms with Gasteiger partial charge in [-0.3, -0.25) is 9.78 Å². The van der Waals surface area contributed by atoms with Gasteiger partial charge in [0, 0.05) is 38.0 Å².